The molecule has 0 unspecified atom stereocenters. The van der Waals surface area contributed by atoms with Gasteiger partial charge in [0.25, 0.3) is 0 Å². The van der Waals surface area contributed by atoms with Crippen LogP contribution in [0.15, 0.2) is 36.8 Å². The van der Waals surface area contributed by atoms with Crippen LogP contribution in [0.5, 0.6) is 5.75 Å². The number of rotatable bonds is 9. The van der Waals surface area contributed by atoms with Gasteiger partial charge in [-0.15, -0.1) is 0 Å². The zero-order valence-corrected chi connectivity index (χ0v) is 24.4. The Morgan fingerprint density at radius 3 is 2.50 bits per heavy atom. The van der Waals surface area contributed by atoms with E-state index in [9.17, 15) is 10.1 Å². The molecule has 0 radical (unpaired) electrons. The number of pyridine rings is 2. The van der Waals surface area contributed by atoms with Crippen LogP contribution in [0.25, 0.3) is 16.6 Å². The SMILES string of the molecule is CCOc1cc(-c2ccc(N3CCC(CC(=O)CC(C)(C)C)(CN4CCCC4)CC3)nc2)c2c(C#N)cnn2c1. The Bertz CT molecular complexity index is 1370. The van der Waals surface area contributed by atoms with Crippen molar-refractivity contribution in [3.05, 3.63) is 42.4 Å². The first-order valence-electron chi connectivity index (χ1n) is 14.7. The highest BCUT2D eigenvalue weighted by molar-refractivity contribution is 5.85. The predicted octanol–water partition coefficient (Wildman–Crippen LogP) is 5.74. The average Bonchev–Trinajstić information content (AvgIpc) is 3.57. The third kappa shape index (κ3) is 6.31. The Morgan fingerprint density at radius 2 is 1.88 bits per heavy atom. The molecule has 8 heteroatoms. The lowest BCUT2D eigenvalue weighted by molar-refractivity contribution is -0.123. The van der Waals surface area contributed by atoms with Crippen molar-refractivity contribution in [2.45, 2.75) is 66.2 Å². The van der Waals surface area contributed by atoms with Crippen LogP contribution in [0.1, 0.15) is 71.8 Å². The molecule has 0 aliphatic carbocycles. The lowest BCUT2D eigenvalue weighted by atomic mass is 9.72. The lowest BCUT2D eigenvalue weighted by Gasteiger charge is -2.44. The normalized spacial score (nSPS) is 17.7. The summed E-state index contributed by atoms with van der Waals surface area (Å²) < 4.78 is 7.47. The van der Waals surface area contributed by atoms with E-state index in [4.69, 9.17) is 9.72 Å². The maximum absolute atomic E-state index is 13.1. The molecule has 3 aromatic rings. The van der Waals surface area contributed by atoms with Crippen molar-refractivity contribution in [2.24, 2.45) is 10.8 Å². The van der Waals surface area contributed by atoms with Gasteiger partial charge in [0, 0.05) is 49.8 Å². The van der Waals surface area contributed by atoms with Crippen molar-refractivity contribution in [3.63, 3.8) is 0 Å². The van der Waals surface area contributed by atoms with Crippen molar-refractivity contribution in [1.82, 2.24) is 19.5 Å². The van der Waals surface area contributed by atoms with Crippen molar-refractivity contribution >= 4 is 17.1 Å². The minimum atomic E-state index is 0.0248. The first-order chi connectivity index (χ1) is 19.2. The number of hydrogen-bond donors (Lipinski definition) is 0. The van der Waals surface area contributed by atoms with E-state index in [1.807, 2.05) is 19.2 Å². The Morgan fingerprint density at radius 1 is 1.12 bits per heavy atom. The quantitative estimate of drug-likeness (QED) is 0.341. The van der Waals surface area contributed by atoms with Crippen molar-refractivity contribution in [1.29, 1.82) is 5.26 Å². The number of likely N-dealkylation sites (tertiary alicyclic amines) is 1. The number of aromatic nitrogens is 3. The van der Waals surface area contributed by atoms with Gasteiger partial charge in [-0.3, -0.25) is 4.79 Å². The zero-order chi connectivity index (χ0) is 28.3. The summed E-state index contributed by atoms with van der Waals surface area (Å²) in [4.78, 5) is 22.9. The largest absolute Gasteiger partial charge is 0.492 e. The second-order valence-electron chi connectivity index (χ2n) is 12.8. The van der Waals surface area contributed by atoms with Crippen molar-refractivity contribution in [3.8, 4) is 22.9 Å². The van der Waals surface area contributed by atoms with E-state index < -0.39 is 0 Å². The summed E-state index contributed by atoms with van der Waals surface area (Å²) in [6, 6.07) is 8.35. The second kappa shape index (κ2) is 11.6. The number of carbonyl (C=O) groups is 1. The van der Waals surface area contributed by atoms with Crippen LogP contribution >= 0.6 is 0 Å². The molecule has 2 fully saturated rings. The van der Waals surface area contributed by atoms with Gasteiger partial charge >= 0.3 is 0 Å². The molecule has 0 saturated carbocycles. The van der Waals surface area contributed by atoms with Gasteiger partial charge in [0.15, 0.2) is 0 Å². The molecule has 40 heavy (non-hydrogen) atoms. The lowest BCUT2D eigenvalue weighted by Crippen LogP contribution is -2.47. The number of fused-ring (bicyclic) bond motifs is 1. The maximum Gasteiger partial charge on any atom is 0.138 e. The Kier molecular flexibility index (Phi) is 8.14. The van der Waals surface area contributed by atoms with Gasteiger partial charge in [0.2, 0.25) is 0 Å². The first-order valence-corrected chi connectivity index (χ1v) is 14.7. The number of hydrogen-bond acceptors (Lipinski definition) is 7. The summed E-state index contributed by atoms with van der Waals surface area (Å²) in [7, 11) is 0. The average molecular weight is 543 g/mol. The number of carbonyl (C=O) groups excluding carboxylic acids is 1. The van der Waals surface area contributed by atoms with Gasteiger partial charge in [0.05, 0.1) is 30.1 Å². The molecular weight excluding hydrogens is 500 g/mol. The van der Waals surface area contributed by atoms with Crippen LogP contribution in [0.4, 0.5) is 5.82 Å². The molecule has 2 aliphatic rings. The molecule has 8 nitrogen and oxygen atoms in total. The minimum absolute atomic E-state index is 0.0248. The van der Waals surface area contributed by atoms with Crippen LogP contribution < -0.4 is 9.64 Å². The number of Topliss-reactive ketones (excluding diaryl/α,β-unsaturated/α-hetero) is 1. The highest BCUT2D eigenvalue weighted by atomic mass is 16.5. The fourth-order valence-corrected chi connectivity index (χ4v) is 6.47. The molecule has 0 N–H and O–H groups in total. The summed E-state index contributed by atoms with van der Waals surface area (Å²) in [6.07, 6.45) is 11.1. The van der Waals surface area contributed by atoms with Gasteiger partial charge in [0.1, 0.15) is 23.4 Å². The monoisotopic (exact) mass is 542 g/mol. The van der Waals surface area contributed by atoms with Gasteiger partial charge < -0.3 is 14.5 Å². The fourth-order valence-electron chi connectivity index (χ4n) is 6.47. The minimum Gasteiger partial charge on any atom is -0.492 e. The fraction of sp³-hybridized carbons (Fsp3) is 0.562. The third-order valence-electron chi connectivity index (χ3n) is 8.28. The van der Waals surface area contributed by atoms with E-state index in [2.05, 4.69) is 53.9 Å². The predicted molar refractivity (Wildman–Crippen MR) is 158 cm³/mol. The van der Waals surface area contributed by atoms with Crippen LogP contribution in [-0.2, 0) is 4.79 Å². The Labute approximate surface area is 237 Å². The van der Waals surface area contributed by atoms with Crippen molar-refractivity contribution < 1.29 is 9.53 Å². The van der Waals surface area contributed by atoms with Crippen LogP contribution in [0.3, 0.4) is 0 Å². The standard InChI is InChI=1S/C32H42N6O2/c1-5-40-27-16-28(30-25(19-33)21-35-38(30)22-27)24-8-9-29(34-20-24)37-14-10-32(11-15-37,23-36-12-6-7-13-36)18-26(39)17-31(2,3)4/h8-9,16,20-22H,5-7,10-15,17-18,23H2,1-4H3. The molecule has 0 atom stereocenters. The number of anilines is 1. The van der Waals surface area contributed by atoms with E-state index in [0.717, 1.165) is 68.0 Å². The maximum atomic E-state index is 13.1. The number of nitriles is 1. The van der Waals surface area contributed by atoms with Crippen LogP contribution in [-0.4, -0.2) is 64.6 Å². The summed E-state index contributed by atoms with van der Waals surface area (Å²) in [5.74, 6) is 2.05. The smallest absolute Gasteiger partial charge is 0.138 e. The van der Waals surface area contributed by atoms with E-state index in [-0.39, 0.29) is 10.8 Å². The Hall–Kier alpha value is -3.44. The molecule has 0 spiro atoms. The van der Waals surface area contributed by atoms with Crippen LogP contribution in [0, 0.1) is 22.2 Å². The molecule has 3 aromatic heterocycles. The summed E-state index contributed by atoms with van der Waals surface area (Å²) in [5, 5.41) is 14.0. The van der Waals surface area contributed by atoms with Gasteiger partial charge in [-0.1, -0.05) is 20.8 Å². The van der Waals surface area contributed by atoms with E-state index >= 15 is 0 Å². The summed E-state index contributed by atoms with van der Waals surface area (Å²) >= 11 is 0. The molecule has 2 saturated heterocycles. The molecule has 5 heterocycles. The van der Waals surface area contributed by atoms with Gasteiger partial charge in [-0.2, -0.15) is 10.4 Å². The van der Waals surface area contributed by atoms with E-state index in [1.165, 1.54) is 12.8 Å². The van der Waals surface area contributed by atoms with Crippen molar-refractivity contribution in [2.75, 3.05) is 44.2 Å². The molecule has 5 rings (SSSR count). The topological polar surface area (TPSA) is 86.8 Å². The third-order valence-corrected chi connectivity index (χ3v) is 8.28. The summed E-state index contributed by atoms with van der Waals surface area (Å²) in [5.41, 5.74) is 3.14. The molecule has 212 valence electrons. The first kappa shape index (κ1) is 28.1. The van der Waals surface area contributed by atoms with E-state index in [1.54, 1.807) is 16.9 Å². The molecule has 0 aromatic carbocycles. The molecule has 2 aliphatic heterocycles. The van der Waals surface area contributed by atoms with E-state index in [0.29, 0.717) is 36.5 Å². The highest BCUT2D eigenvalue weighted by Gasteiger charge is 2.39. The van der Waals surface area contributed by atoms with Gasteiger partial charge in [-0.05, 0) is 74.7 Å². The highest BCUT2D eigenvalue weighted by Crippen LogP contribution is 2.40. The van der Waals surface area contributed by atoms with Crippen LogP contribution in [0.2, 0.25) is 0 Å². The molecule has 0 bridgehead atoms. The second-order valence-corrected chi connectivity index (χ2v) is 12.8. The molecule has 0 amide bonds. The number of ether oxygens (including phenoxy) is 1. The number of ketones is 1. The van der Waals surface area contributed by atoms with Gasteiger partial charge in [-0.25, -0.2) is 9.50 Å². The molecular formula is C32H42N6O2. The Balaban J connectivity index is 1.33. The number of nitrogens with zero attached hydrogens (tertiary/aromatic N) is 6. The zero-order valence-electron chi connectivity index (χ0n) is 24.4. The number of piperidine rings is 1. The summed E-state index contributed by atoms with van der Waals surface area (Å²) in [6.45, 7) is 14.1.